The first-order valence-corrected chi connectivity index (χ1v) is 7.71. The Morgan fingerprint density at radius 3 is 2.40 bits per heavy atom. The monoisotopic (exact) mass is 288 g/mol. The molecule has 1 saturated carbocycles. The molecule has 0 unspecified atom stereocenters. The van der Waals surface area contributed by atoms with Crippen molar-refractivity contribution in [2.45, 2.75) is 76.6 Å². The lowest BCUT2D eigenvalue weighted by Gasteiger charge is -2.23. The van der Waals surface area contributed by atoms with E-state index in [2.05, 4.69) is 6.92 Å². The predicted octanol–water partition coefficient (Wildman–Crippen LogP) is 1.54. The molecule has 0 aromatic heterocycles. The number of carbonyl (C=O) groups is 1. The fourth-order valence-electron chi connectivity index (χ4n) is 3.22. The Kier molecular flexibility index (Phi) is 7.48. The van der Waals surface area contributed by atoms with Gasteiger partial charge in [0.05, 0.1) is 24.7 Å². The summed E-state index contributed by atoms with van der Waals surface area (Å²) >= 11 is 0. The zero-order valence-electron chi connectivity index (χ0n) is 12.2. The van der Waals surface area contributed by atoms with E-state index < -0.39 is 30.2 Å². The smallest absolute Gasteiger partial charge is 0.303 e. The summed E-state index contributed by atoms with van der Waals surface area (Å²) in [5.41, 5.74) is 0. The Morgan fingerprint density at radius 2 is 1.80 bits per heavy atom. The molecule has 20 heavy (non-hydrogen) atoms. The van der Waals surface area contributed by atoms with Gasteiger partial charge < -0.3 is 20.4 Å². The third-order valence-electron chi connectivity index (χ3n) is 4.41. The Bertz CT molecular complexity index is 294. The number of carboxylic acids is 1. The lowest BCUT2D eigenvalue weighted by Crippen LogP contribution is -2.26. The molecule has 0 amide bonds. The average molecular weight is 288 g/mol. The standard InChI is InChI=1S/C15H28O5/c1-2-3-4-5-10(16)6-7-11-12(8-15(19)20)14(18)9-13(11)17/h10-14,16-18H,2-9H2,1H3,(H,19,20)/t10-,11+,12+,13+,14-/m0/s1. The van der Waals surface area contributed by atoms with Crippen molar-refractivity contribution in [3.8, 4) is 0 Å². The van der Waals surface area contributed by atoms with E-state index in [9.17, 15) is 20.1 Å². The van der Waals surface area contributed by atoms with Crippen molar-refractivity contribution in [1.29, 1.82) is 0 Å². The second kappa shape index (κ2) is 8.60. The summed E-state index contributed by atoms with van der Waals surface area (Å²) < 4.78 is 0. The highest BCUT2D eigenvalue weighted by Crippen LogP contribution is 2.38. The van der Waals surface area contributed by atoms with Gasteiger partial charge in [-0.3, -0.25) is 4.79 Å². The number of rotatable bonds is 9. The summed E-state index contributed by atoms with van der Waals surface area (Å²) in [5.74, 6) is -1.57. The molecule has 0 aliphatic heterocycles. The molecule has 1 aliphatic rings. The molecule has 5 heteroatoms. The van der Waals surface area contributed by atoms with E-state index in [-0.39, 0.29) is 18.8 Å². The van der Waals surface area contributed by atoms with Crippen LogP contribution in [0.5, 0.6) is 0 Å². The van der Waals surface area contributed by atoms with E-state index in [1.807, 2.05) is 0 Å². The minimum Gasteiger partial charge on any atom is -0.481 e. The van der Waals surface area contributed by atoms with Crippen LogP contribution in [-0.4, -0.2) is 44.7 Å². The molecule has 118 valence electrons. The molecular weight excluding hydrogens is 260 g/mol. The third kappa shape index (κ3) is 5.38. The summed E-state index contributed by atoms with van der Waals surface area (Å²) in [7, 11) is 0. The molecular formula is C15H28O5. The summed E-state index contributed by atoms with van der Waals surface area (Å²) in [6.07, 6.45) is 3.43. The Morgan fingerprint density at radius 1 is 1.15 bits per heavy atom. The highest BCUT2D eigenvalue weighted by Gasteiger charge is 2.42. The van der Waals surface area contributed by atoms with Crippen molar-refractivity contribution in [2.75, 3.05) is 0 Å². The second-order valence-electron chi connectivity index (χ2n) is 6.02. The molecule has 0 saturated heterocycles. The number of hydrogen-bond acceptors (Lipinski definition) is 4. The fourth-order valence-corrected chi connectivity index (χ4v) is 3.22. The number of hydrogen-bond donors (Lipinski definition) is 4. The molecule has 1 rings (SSSR count). The zero-order chi connectivity index (χ0) is 15.1. The maximum atomic E-state index is 10.8. The van der Waals surface area contributed by atoms with Gasteiger partial charge in [0, 0.05) is 5.92 Å². The van der Waals surface area contributed by atoms with E-state index in [1.165, 1.54) is 0 Å². The van der Waals surface area contributed by atoms with Gasteiger partial charge in [-0.1, -0.05) is 26.2 Å². The van der Waals surface area contributed by atoms with Crippen LogP contribution >= 0.6 is 0 Å². The van der Waals surface area contributed by atoms with Crippen LogP contribution in [-0.2, 0) is 4.79 Å². The van der Waals surface area contributed by atoms with Crippen LogP contribution in [0.25, 0.3) is 0 Å². The second-order valence-corrected chi connectivity index (χ2v) is 6.02. The van der Waals surface area contributed by atoms with Gasteiger partial charge in [0.15, 0.2) is 0 Å². The van der Waals surface area contributed by atoms with Crippen LogP contribution in [0.3, 0.4) is 0 Å². The van der Waals surface area contributed by atoms with Crippen molar-refractivity contribution in [3.05, 3.63) is 0 Å². The van der Waals surface area contributed by atoms with E-state index in [0.717, 1.165) is 25.7 Å². The number of aliphatic carboxylic acids is 1. The van der Waals surface area contributed by atoms with Crippen LogP contribution in [0.4, 0.5) is 0 Å². The molecule has 1 fully saturated rings. The molecule has 0 aromatic carbocycles. The van der Waals surface area contributed by atoms with Gasteiger partial charge in [0.1, 0.15) is 0 Å². The normalized spacial score (nSPS) is 31.4. The van der Waals surface area contributed by atoms with Crippen LogP contribution in [0.2, 0.25) is 0 Å². The predicted molar refractivity (Wildman–Crippen MR) is 75.2 cm³/mol. The van der Waals surface area contributed by atoms with Crippen molar-refractivity contribution in [3.63, 3.8) is 0 Å². The Hall–Kier alpha value is -0.650. The molecule has 5 atom stereocenters. The fraction of sp³-hybridized carbons (Fsp3) is 0.933. The first kappa shape index (κ1) is 17.4. The first-order chi connectivity index (χ1) is 9.45. The number of aliphatic hydroxyl groups excluding tert-OH is 3. The molecule has 0 heterocycles. The van der Waals surface area contributed by atoms with Gasteiger partial charge >= 0.3 is 5.97 Å². The average Bonchev–Trinajstić information content (AvgIpc) is 2.62. The minimum absolute atomic E-state index is 0.116. The summed E-state index contributed by atoms with van der Waals surface area (Å²) in [4.78, 5) is 10.8. The number of unbranched alkanes of at least 4 members (excludes halogenated alkanes) is 2. The van der Waals surface area contributed by atoms with Crippen molar-refractivity contribution in [2.24, 2.45) is 11.8 Å². The summed E-state index contributed by atoms with van der Waals surface area (Å²) in [5, 5.41) is 38.5. The van der Waals surface area contributed by atoms with Crippen molar-refractivity contribution < 1.29 is 25.2 Å². The SMILES string of the molecule is CCCCC[C@H](O)CC[C@@H]1[C@@H](CC(=O)O)[C@@H](O)C[C@H]1O. The van der Waals surface area contributed by atoms with Crippen molar-refractivity contribution >= 4 is 5.97 Å². The van der Waals surface area contributed by atoms with Gasteiger partial charge in [-0.05, 0) is 31.6 Å². The highest BCUT2D eigenvalue weighted by atomic mass is 16.4. The van der Waals surface area contributed by atoms with Gasteiger partial charge in [-0.15, -0.1) is 0 Å². The lowest BCUT2D eigenvalue weighted by molar-refractivity contribution is -0.139. The molecule has 0 bridgehead atoms. The summed E-state index contributed by atoms with van der Waals surface area (Å²) in [6, 6.07) is 0. The molecule has 0 radical (unpaired) electrons. The van der Waals surface area contributed by atoms with E-state index in [0.29, 0.717) is 12.8 Å². The molecule has 0 aromatic rings. The largest absolute Gasteiger partial charge is 0.481 e. The van der Waals surface area contributed by atoms with Gasteiger partial charge in [0.25, 0.3) is 0 Å². The third-order valence-corrected chi connectivity index (χ3v) is 4.41. The Labute approximate surface area is 120 Å². The minimum atomic E-state index is -0.948. The number of carboxylic acid groups (broad SMARTS) is 1. The van der Waals surface area contributed by atoms with Crippen LogP contribution in [0.15, 0.2) is 0 Å². The van der Waals surface area contributed by atoms with E-state index >= 15 is 0 Å². The Balaban J connectivity index is 2.40. The number of aliphatic hydroxyl groups is 3. The quantitative estimate of drug-likeness (QED) is 0.482. The molecule has 4 N–H and O–H groups in total. The summed E-state index contributed by atoms with van der Waals surface area (Å²) in [6.45, 7) is 2.11. The molecule has 5 nitrogen and oxygen atoms in total. The van der Waals surface area contributed by atoms with Gasteiger partial charge in [-0.25, -0.2) is 0 Å². The van der Waals surface area contributed by atoms with E-state index in [1.54, 1.807) is 0 Å². The van der Waals surface area contributed by atoms with Gasteiger partial charge in [-0.2, -0.15) is 0 Å². The van der Waals surface area contributed by atoms with Crippen LogP contribution in [0, 0.1) is 11.8 Å². The molecule has 1 aliphatic carbocycles. The van der Waals surface area contributed by atoms with Crippen LogP contribution in [0.1, 0.15) is 58.3 Å². The first-order valence-electron chi connectivity index (χ1n) is 7.71. The maximum Gasteiger partial charge on any atom is 0.303 e. The highest BCUT2D eigenvalue weighted by molar-refractivity contribution is 5.67. The van der Waals surface area contributed by atoms with Crippen molar-refractivity contribution in [1.82, 2.24) is 0 Å². The van der Waals surface area contributed by atoms with E-state index in [4.69, 9.17) is 5.11 Å². The maximum absolute atomic E-state index is 10.8. The van der Waals surface area contributed by atoms with Crippen LogP contribution < -0.4 is 0 Å². The molecule has 0 spiro atoms. The lowest BCUT2D eigenvalue weighted by atomic mass is 9.86. The van der Waals surface area contributed by atoms with Gasteiger partial charge in [0.2, 0.25) is 0 Å². The topological polar surface area (TPSA) is 98.0 Å². The zero-order valence-corrected chi connectivity index (χ0v) is 12.2.